The van der Waals surface area contributed by atoms with Gasteiger partial charge < -0.3 is 14.1 Å². The average molecular weight is 394 g/mol. The van der Waals surface area contributed by atoms with Crippen molar-refractivity contribution in [2.75, 3.05) is 20.2 Å². The molecule has 1 fully saturated rings. The highest BCUT2D eigenvalue weighted by molar-refractivity contribution is 5.97. The number of carbonyl (C=O) groups is 1. The Balaban J connectivity index is 1.45. The lowest BCUT2D eigenvalue weighted by atomic mass is 9.97. The van der Waals surface area contributed by atoms with Gasteiger partial charge in [-0.3, -0.25) is 4.79 Å². The number of nitrogens with zero attached hydrogens (tertiary/aromatic N) is 2. The fraction of sp³-hybridized carbons (Fsp3) is 0.304. The number of hydrogen-bond donors (Lipinski definition) is 0. The maximum atomic E-state index is 13.1. The molecule has 1 saturated heterocycles. The van der Waals surface area contributed by atoms with Crippen molar-refractivity contribution >= 4 is 5.91 Å². The molecule has 5 nitrogen and oxygen atoms in total. The van der Waals surface area contributed by atoms with Crippen LogP contribution in [0.25, 0.3) is 0 Å². The van der Waals surface area contributed by atoms with Crippen molar-refractivity contribution in [3.8, 4) is 5.75 Å². The van der Waals surface area contributed by atoms with E-state index in [1.807, 2.05) is 17.0 Å². The molecule has 1 aromatic heterocycles. The Kier molecular flexibility index (Phi) is 5.60. The molecule has 150 valence electrons. The third-order valence-corrected chi connectivity index (χ3v) is 5.26. The monoisotopic (exact) mass is 394 g/mol. The summed E-state index contributed by atoms with van der Waals surface area (Å²) in [5, 5.41) is 0. The topological polar surface area (TPSA) is 55.6 Å². The molecule has 1 amide bonds. The molecule has 0 saturated carbocycles. The molecule has 0 spiro atoms. The van der Waals surface area contributed by atoms with Gasteiger partial charge in [-0.15, -0.1) is 0 Å². The van der Waals surface area contributed by atoms with Crippen LogP contribution in [0.2, 0.25) is 0 Å². The molecule has 0 N–H and O–H groups in total. The van der Waals surface area contributed by atoms with E-state index in [0.717, 1.165) is 24.2 Å². The Bertz CT molecular complexity index is 984. The number of halogens is 1. The van der Waals surface area contributed by atoms with E-state index in [-0.39, 0.29) is 17.6 Å². The lowest BCUT2D eigenvalue weighted by molar-refractivity contribution is 0.0694. The van der Waals surface area contributed by atoms with Crippen molar-refractivity contribution in [3.63, 3.8) is 0 Å². The quantitative estimate of drug-likeness (QED) is 0.642. The second-order valence-corrected chi connectivity index (χ2v) is 7.26. The molecule has 2 heterocycles. The fourth-order valence-electron chi connectivity index (χ4n) is 3.75. The van der Waals surface area contributed by atoms with Crippen LogP contribution in [0.15, 0.2) is 59.1 Å². The van der Waals surface area contributed by atoms with E-state index < -0.39 is 0 Å². The molecule has 29 heavy (non-hydrogen) atoms. The van der Waals surface area contributed by atoms with Crippen molar-refractivity contribution in [2.24, 2.45) is 0 Å². The number of amides is 1. The highest BCUT2D eigenvalue weighted by Crippen LogP contribution is 2.29. The number of carbonyl (C=O) groups excluding carboxylic acids is 1. The molecule has 0 radical (unpaired) electrons. The van der Waals surface area contributed by atoms with Gasteiger partial charge in [0.05, 0.1) is 24.8 Å². The van der Waals surface area contributed by atoms with Crippen LogP contribution >= 0.6 is 0 Å². The van der Waals surface area contributed by atoms with E-state index in [2.05, 4.69) is 4.98 Å². The first-order valence-corrected chi connectivity index (χ1v) is 9.75. The lowest BCUT2D eigenvalue weighted by Gasteiger charge is -2.31. The number of rotatable bonds is 5. The van der Waals surface area contributed by atoms with Crippen molar-refractivity contribution in [1.82, 2.24) is 9.88 Å². The van der Waals surface area contributed by atoms with Crippen molar-refractivity contribution in [1.29, 1.82) is 0 Å². The van der Waals surface area contributed by atoms with Gasteiger partial charge in [0.15, 0.2) is 5.89 Å². The summed E-state index contributed by atoms with van der Waals surface area (Å²) in [5.41, 5.74) is 1.53. The van der Waals surface area contributed by atoms with Crippen LogP contribution in [0, 0.1) is 5.82 Å². The van der Waals surface area contributed by atoms with Crippen LogP contribution in [-0.2, 0) is 6.42 Å². The summed E-state index contributed by atoms with van der Waals surface area (Å²) in [7, 11) is 1.57. The molecular weight excluding hydrogens is 371 g/mol. The zero-order valence-corrected chi connectivity index (χ0v) is 16.3. The minimum absolute atomic E-state index is 0.0368. The summed E-state index contributed by atoms with van der Waals surface area (Å²) in [6.07, 6.45) is 4.09. The number of oxazole rings is 1. The molecule has 0 unspecified atom stereocenters. The van der Waals surface area contributed by atoms with Gasteiger partial charge in [-0.05, 0) is 42.7 Å². The van der Waals surface area contributed by atoms with Gasteiger partial charge in [-0.25, -0.2) is 9.37 Å². The average Bonchev–Trinajstić information content (AvgIpc) is 3.23. The van der Waals surface area contributed by atoms with Gasteiger partial charge in [-0.2, -0.15) is 0 Å². The number of benzene rings is 2. The summed E-state index contributed by atoms with van der Waals surface area (Å²) < 4.78 is 24.4. The summed E-state index contributed by atoms with van der Waals surface area (Å²) in [6, 6.07) is 13.6. The predicted octanol–water partition coefficient (Wildman–Crippen LogP) is 4.43. The SMILES string of the molecule is COc1ccccc1C(=O)N1CCC[C@@H](c2ncc(Cc3ccc(F)cc3)o2)C1. The van der Waals surface area contributed by atoms with E-state index in [4.69, 9.17) is 9.15 Å². The second-order valence-electron chi connectivity index (χ2n) is 7.26. The Morgan fingerprint density at radius 3 is 2.83 bits per heavy atom. The molecule has 0 bridgehead atoms. The number of methoxy groups -OCH3 is 1. The van der Waals surface area contributed by atoms with Crippen LogP contribution in [0.3, 0.4) is 0 Å². The van der Waals surface area contributed by atoms with Crippen LogP contribution in [0.1, 0.15) is 46.3 Å². The minimum Gasteiger partial charge on any atom is -0.496 e. The molecule has 2 aromatic carbocycles. The molecule has 1 aliphatic heterocycles. The molecule has 4 rings (SSSR count). The third-order valence-electron chi connectivity index (χ3n) is 5.26. The van der Waals surface area contributed by atoms with Crippen LogP contribution < -0.4 is 4.74 Å². The van der Waals surface area contributed by atoms with Crippen molar-refractivity contribution < 1.29 is 18.3 Å². The normalized spacial score (nSPS) is 16.6. The van der Waals surface area contributed by atoms with Gasteiger partial charge in [0.1, 0.15) is 17.3 Å². The molecule has 6 heteroatoms. The van der Waals surface area contributed by atoms with Gasteiger partial charge in [0, 0.05) is 19.5 Å². The predicted molar refractivity (Wildman–Crippen MR) is 107 cm³/mol. The molecule has 1 aliphatic rings. The first-order valence-electron chi connectivity index (χ1n) is 9.75. The van der Waals surface area contributed by atoms with Crippen molar-refractivity contribution in [3.05, 3.63) is 83.3 Å². The Morgan fingerprint density at radius 1 is 1.24 bits per heavy atom. The van der Waals surface area contributed by atoms with E-state index in [1.54, 1.807) is 37.6 Å². The zero-order chi connectivity index (χ0) is 20.2. The number of ether oxygens (including phenoxy) is 1. The summed E-state index contributed by atoms with van der Waals surface area (Å²) >= 11 is 0. The lowest BCUT2D eigenvalue weighted by Crippen LogP contribution is -2.39. The van der Waals surface area contributed by atoms with Gasteiger partial charge in [0.2, 0.25) is 0 Å². The summed E-state index contributed by atoms with van der Waals surface area (Å²) in [4.78, 5) is 19.3. The second kappa shape index (κ2) is 8.47. The molecular formula is C23H23FN2O3. The molecule has 1 atom stereocenters. The first kappa shape index (κ1) is 19.2. The number of likely N-dealkylation sites (tertiary alicyclic amines) is 1. The number of aromatic nitrogens is 1. The highest BCUT2D eigenvalue weighted by Gasteiger charge is 2.29. The van der Waals surface area contributed by atoms with Crippen LogP contribution in [0.5, 0.6) is 5.75 Å². The van der Waals surface area contributed by atoms with Gasteiger partial charge in [-0.1, -0.05) is 24.3 Å². The first-order chi connectivity index (χ1) is 14.1. The van der Waals surface area contributed by atoms with E-state index in [9.17, 15) is 9.18 Å². The van der Waals surface area contributed by atoms with E-state index in [0.29, 0.717) is 36.7 Å². The number of piperidine rings is 1. The fourth-order valence-corrected chi connectivity index (χ4v) is 3.75. The Hall–Kier alpha value is -3.15. The number of hydrogen-bond acceptors (Lipinski definition) is 4. The standard InChI is InChI=1S/C23H23FN2O3/c1-28-21-7-3-2-6-20(21)23(27)26-12-4-5-17(15-26)22-25-14-19(29-22)13-16-8-10-18(24)11-9-16/h2-3,6-11,14,17H,4-5,12-13,15H2,1H3/t17-/m1/s1. The van der Waals surface area contributed by atoms with E-state index in [1.165, 1.54) is 12.1 Å². The van der Waals surface area contributed by atoms with E-state index >= 15 is 0 Å². The van der Waals surface area contributed by atoms with Gasteiger partial charge >= 0.3 is 0 Å². The maximum Gasteiger partial charge on any atom is 0.257 e. The Labute approximate surface area is 169 Å². The molecule has 3 aromatic rings. The Morgan fingerprint density at radius 2 is 2.03 bits per heavy atom. The maximum absolute atomic E-state index is 13.1. The van der Waals surface area contributed by atoms with Gasteiger partial charge in [0.25, 0.3) is 5.91 Å². The largest absolute Gasteiger partial charge is 0.496 e. The van der Waals surface area contributed by atoms with Crippen LogP contribution in [0.4, 0.5) is 4.39 Å². The minimum atomic E-state index is -0.256. The highest BCUT2D eigenvalue weighted by atomic mass is 19.1. The zero-order valence-electron chi connectivity index (χ0n) is 16.3. The smallest absolute Gasteiger partial charge is 0.257 e. The summed E-state index contributed by atoms with van der Waals surface area (Å²) in [6.45, 7) is 1.27. The number of para-hydroxylation sites is 1. The van der Waals surface area contributed by atoms with Crippen molar-refractivity contribution in [2.45, 2.75) is 25.2 Å². The van der Waals surface area contributed by atoms with Crippen LogP contribution in [-0.4, -0.2) is 36.0 Å². The third kappa shape index (κ3) is 4.31. The molecule has 0 aliphatic carbocycles. The summed E-state index contributed by atoms with van der Waals surface area (Å²) in [5.74, 6) is 1.74.